The number of carbonyl (C=O) groups excluding carboxylic acids is 2. The van der Waals surface area contributed by atoms with Crippen molar-refractivity contribution in [2.24, 2.45) is 0 Å². The first-order valence-corrected chi connectivity index (χ1v) is 10.3. The van der Waals surface area contributed by atoms with E-state index in [0.29, 0.717) is 6.42 Å². The normalized spacial score (nSPS) is 12.3. The number of aliphatic hydroxyl groups excluding tert-OH is 1. The molecule has 162 valence electrons. The summed E-state index contributed by atoms with van der Waals surface area (Å²) in [7, 11) is 0. The molecule has 0 aliphatic rings. The van der Waals surface area contributed by atoms with Gasteiger partial charge >= 0.3 is 17.9 Å². The van der Waals surface area contributed by atoms with E-state index in [4.69, 9.17) is 9.47 Å². The zero-order valence-corrected chi connectivity index (χ0v) is 17.8. The average molecular weight is 399 g/mol. The molecule has 0 aliphatic carbocycles. The summed E-state index contributed by atoms with van der Waals surface area (Å²) in [6.45, 7) is 11.8. The Morgan fingerprint density at radius 1 is 0.857 bits per heavy atom. The minimum atomic E-state index is -2.30. The van der Waals surface area contributed by atoms with Crippen LogP contribution in [-0.4, -0.2) is 34.2 Å². The Kier molecular flexibility index (Phi) is 13.5. The van der Waals surface area contributed by atoms with Crippen molar-refractivity contribution in [1.29, 1.82) is 0 Å². The lowest BCUT2D eigenvalue weighted by Gasteiger charge is -2.27. The average Bonchev–Trinajstić information content (AvgIpc) is 2.62. The van der Waals surface area contributed by atoms with E-state index in [1.54, 1.807) is 0 Å². The van der Waals surface area contributed by atoms with E-state index in [1.165, 1.54) is 13.8 Å². The summed E-state index contributed by atoms with van der Waals surface area (Å²) in [5.41, 5.74) is 0.215. The van der Waals surface area contributed by atoms with E-state index in [9.17, 15) is 19.8 Å². The first-order valence-electron chi connectivity index (χ1n) is 10.3. The van der Waals surface area contributed by atoms with Crippen LogP contribution in [0.5, 0.6) is 0 Å². The van der Waals surface area contributed by atoms with Gasteiger partial charge in [-0.25, -0.2) is 9.59 Å². The molecule has 0 fully saturated rings. The smallest absolute Gasteiger partial charge is 0.373 e. The fraction of sp³-hybridized carbons (Fsp3) is 0.727. The number of rotatable bonds is 16. The predicted octanol–water partition coefficient (Wildman–Crippen LogP) is 4.54. The van der Waals surface area contributed by atoms with Gasteiger partial charge in [0.2, 0.25) is 0 Å². The number of carbonyl (C=O) groups is 2. The lowest BCUT2D eigenvalue weighted by atomic mass is 10.0. The molecule has 0 saturated carbocycles. The lowest BCUT2D eigenvalue weighted by Crippen LogP contribution is -2.40. The zero-order chi connectivity index (χ0) is 21.6. The maximum absolute atomic E-state index is 11.7. The van der Waals surface area contributed by atoms with Crippen molar-refractivity contribution in [2.75, 3.05) is 0 Å². The molecule has 0 radical (unpaired) electrons. The van der Waals surface area contributed by atoms with Crippen molar-refractivity contribution in [1.82, 2.24) is 0 Å². The second-order valence-electron chi connectivity index (χ2n) is 7.48. The Balaban J connectivity index is 4.14. The molecule has 0 heterocycles. The summed E-state index contributed by atoms with van der Waals surface area (Å²) in [4.78, 5) is 23.4. The van der Waals surface area contributed by atoms with Crippen LogP contribution in [0.4, 0.5) is 0 Å². The maximum atomic E-state index is 11.7. The van der Waals surface area contributed by atoms with E-state index in [-0.39, 0.29) is 23.7 Å². The standard InChI is InChI=1S/C22H38O6/c1-6-19(23)15-13-11-9-7-8-10-12-14-16-22(26,27-20(24)17(2)3)28-21(25)18(4)5/h19,23,26H,2,4,6-16H2,1,3,5H3. The molecule has 28 heavy (non-hydrogen) atoms. The van der Waals surface area contributed by atoms with Gasteiger partial charge in [0.15, 0.2) is 0 Å². The van der Waals surface area contributed by atoms with Gasteiger partial charge in [0.1, 0.15) is 0 Å². The second kappa shape index (κ2) is 14.4. The molecule has 0 bridgehead atoms. The van der Waals surface area contributed by atoms with E-state index in [2.05, 4.69) is 13.2 Å². The molecule has 6 heteroatoms. The van der Waals surface area contributed by atoms with E-state index >= 15 is 0 Å². The van der Waals surface area contributed by atoms with Crippen LogP contribution in [0.3, 0.4) is 0 Å². The molecule has 1 unspecified atom stereocenters. The SMILES string of the molecule is C=C(C)C(=O)OC(O)(CCCCCCCCCCC(O)CC)OC(=O)C(=C)C. The largest absolute Gasteiger partial charge is 0.395 e. The van der Waals surface area contributed by atoms with Crippen molar-refractivity contribution in [3.05, 3.63) is 24.3 Å². The predicted molar refractivity (Wildman–Crippen MR) is 109 cm³/mol. The quantitative estimate of drug-likeness (QED) is 0.172. The molecule has 0 saturated heterocycles. The zero-order valence-electron chi connectivity index (χ0n) is 17.8. The number of unbranched alkanes of at least 4 members (excludes halogenated alkanes) is 7. The molecule has 0 aromatic rings. The van der Waals surface area contributed by atoms with E-state index in [0.717, 1.165) is 57.8 Å². The minimum Gasteiger partial charge on any atom is -0.395 e. The van der Waals surface area contributed by atoms with Crippen LogP contribution in [-0.2, 0) is 19.1 Å². The van der Waals surface area contributed by atoms with Crippen molar-refractivity contribution in [2.45, 2.75) is 103 Å². The van der Waals surface area contributed by atoms with Crippen LogP contribution in [0.15, 0.2) is 24.3 Å². The number of aliphatic hydroxyl groups is 2. The van der Waals surface area contributed by atoms with Gasteiger partial charge in [-0.2, -0.15) is 0 Å². The van der Waals surface area contributed by atoms with Gasteiger partial charge in [0.25, 0.3) is 0 Å². The molecular weight excluding hydrogens is 360 g/mol. The van der Waals surface area contributed by atoms with Crippen LogP contribution < -0.4 is 0 Å². The van der Waals surface area contributed by atoms with Gasteiger partial charge in [-0.15, -0.1) is 0 Å². The van der Waals surface area contributed by atoms with Crippen LogP contribution in [0.1, 0.15) is 91.4 Å². The molecule has 0 aliphatic heterocycles. The number of esters is 2. The third kappa shape index (κ3) is 12.7. The van der Waals surface area contributed by atoms with Crippen LogP contribution in [0.25, 0.3) is 0 Å². The fourth-order valence-corrected chi connectivity index (χ4v) is 2.58. The monoisotopic (exact) mass is 398 g/mol. The highest BCUT2D eigenvalue weighted by molar-refractivity contribution is 5.88. The van der Waals surface area contributed by atoms with Crippen LogP contribution in [0.2, 0.25) is 0 Å². The van der Waals surface area contributed by atoms with Gasteiger partial charge in [-0.05, 0) is 33.1 Å². The first-order chi connectivity index (χ1) is 13.1. The summed E-state index contributed by atoms with van der Waals surface area (Å²) in [5.74, 6) is -3.93. The molecule has 2 N–H and O–H groups in total. The molecule has 0 spiro atoms. The maximum Gasteiger partial charge on any atom is 0.373 e. The van der Waals surface area contributed by atoms with Crippen LogP contribution >= 0.6 is 0 Å². The summed E-state index contributed by atoms with van der Waals surface area (Å²) < 4.78 is 9.87. The second-order valence-corrected chi connectivity index (χ2v) is 7.48. The van der Waals surface area contributed by atoms with Crippen molar-refractivity contribution >= 4 is 11.9 Å². The summed E-state index contributed by atoms with van der Waals surface area (Å²) in [6, 6.07) is 0. The Bertz CT molecular complexity index is 483. The molecule has 1 atom stereocenters. The first kappa shape index (κ1) is 26.3. The van der Waals surface area contributed by atoms with Gasteiger partial charge in [-0.3, -0.25) is 0 Å². The van der Waals surface area contributed by atoms with Gasteiger partial charge in [0.05, 0.1) is 12.5 Å². The van der Waals surface area contributed by atoms with Crippen molar-refractivity contribution in [3.8, 4) is 0 Å². The molecule has 0 amide bonds. The lowest BCUT2D eigenvalue weighted by molar-refractivity contribution is -0.325. The van der Waals surface area contributed by atoms with Gasteiger partial charge in [0, 0.05) is 11.1 Å². The Morgan fingerprint density at radius 2 is 1.25 bits per heavy atom. The number of hydrogen-bond acceptors (Lipinski definition) is 6. The Labute approximate surface area is 169 Å². The van der Waals surface area contributed by atoms with Gasteiger partial charge in [-0.1, -0.05) is 65.0 Å². The summed E-state index contributed by atoms with van der Waals surface area (Å²) >= 11 is 0. The van der Waals surface area contributed by atoms with Crippen molar-refractivity contribution < 1.29 is 29.3 Å². The highest BCUT2D eigenvalue weighted by Gasteiger charge is 2.36. The molecule has 0 rings (SSSR count). The topological polar surface area (TPSA) is 93.1 Å². The molecular formula is C22H38O6. The fourth-order valence-electron chi connectivity index (χ4n) is 2.58. The highest BCUT2D eigenvalue weighted by atomic mass is 16.8. The number of hydrogen-bond donors (Lipinski definition) is 2. The molecule has 0 aromatic carbocycles. The molecule has 6 nitrogen and oxygen atoms in total. The summed E-state index contributed by atoms with van der Waals surface area (Å²) in [5, 5.41) is 19.9. The summed E-state index contributed by atoms with van der Waals surface area (Å²) in [6.07, 6.45) is 9.41. The minimum absolute atomic E-state index is 0.0000534. The highest BCUT2D eigenvalue weighted by Crippen LogP contribution is 2.22. The third-order valence-electron chi connectivity index (χ3n) is 4.45. The van der Waals surface area contributed by atoms with E-state index in [1.807, 2.05) is 6.92 Å². The number of ether oxygens (including phenoxy) is 2. The molecule has 0 aromatic heterocycles. The Hall–Kier alpha value is -1.66. The van der Waals surface area contributed by atoms with E-state index < -0.39 is 17.9 Å². The third-order valence-corrected chi connectivity index (χ3v) is 4.45. The Morgan fingerprint density at radius 3 is 1.64 bits per heavy atom. The van der Waals surface area contributed by atoms with Crippen LogP contribution in [0, 0.1) is 0 Å². The van der Waals surface area contributed by atoms with Gasteiger partial charge < -0.3 is 19.7 Å². The van der Waals surface area contributed by atoms with Crippen molar-refractivity contribution in [3.63, 3.8) is 0 Å².